The van der Waals surface area contributed by atoms with Crippen LogP contribution >= 0.6 is 15.9 Å². The van der Waals surface area contributed by atoms with Gasteiger partial charge in [0, 0.05) is 16.9 Å². The summed E-state index contributed by atoms with van der Waals surface area (Å²) in [4.78, 5) is 37.2. The molecule has 2 amide bonds. The molecular weight excluding hydrogens is 412 g/mol. The summed E-state index contributed by atoms with van der Waals surface area (Å²) in [5, 5.41) is 10.1. The average Bonchev–Trinajstić information content (AvgIpc) is 2.65. The Labute approximate surface area is 163 Å². The molecule has 0 fully saturated rings. The Bertz CT molecular complexity index is 1110. The lowest BCUT2D eigenvalue weighted by molar-refractivity contribution is -0.117. The van der Waals surface area contributed by atoms with Crippen molar-refractivity contribution in [2.45, 2.75) is 13.5 Å². The number of aromatic nitrogens is 2. The highest BCUT2D eigenvalue weighted by Gasteiger charge is 2.17. The number of rotatable bonds is 4. The zero-order valence-electron chi connectivity index (χ0n) is 14.7. The van der Waals surface area contributed by atoms with Crippen LogP contribution in [-0.2, 0) is 11.3 Å². The second kappa shape index (κ2) is 7.71. The summed E-state index contributed by atoms with van der Waals surface area (Å²) in [6.07, 6.45) is 0. The van der Waals surface area contributed by atoms with Gasteiger partial charge in [-0.05, 0) is 46.6 Å². The molecule has 7 nitrogen and oxygen atoms in total. The minimum absolute atomic E-state index is 0.0945. The number of carbonyl (C=O) groups is 2. The van der Waals surface area contributed by atoms with Gasteiger partial charge in [-0.3, -0.25) is 14.4 Å². The van der Waals surface area contributed by atoms with Crippen molar-refractivity contribution < 1.29 is 9.59 Å². The standard InChI is InChI=1S/C19H17BrN4O3/c1-11-7-8-15(14(20)9-11)22-16(25)10-24-19(27)13-6-4-3-5-12(13)17(23-24)18(26)21-2/h3-9H,10H2,1-2H3,(H,21,26)(H,22,25). The van der Waals surface area contributed by atoms with E-state index in [1.807, 2.05) is 19.1 Å². The predicted molar refractivity (Wildman–Crippen MR) is 107 cm³/mol. The molecule has 3 rings (SSSR count). The smallest absolute Gasteiger partial charge is 0.275 e. The molecule has 0 saturated carbocycles. The largest absolute Gasteiger partial charge is 0.354 e. The fourth-order valence-corrected chi connectivity index (χ4v) is 3.27. The quantitative estimate of drug-likeness (QED) is 0.667. The van der Waals surface area contributed by atoms with Crippen molar-refractivity contribution in [2.75, 3.05) is 12.4 Å². The summed E-state index contributed by atoms with van der Waals surface area (Å²) in [7, 11) is 1.48. The number of amides is 2. The monoisotopic (exact) mass is 428 g/mol. The third-order valence-corrected chi connectivity index (χ3v) is 4.66. The Morgan fingerprint density at radius 1 is 1.15 bits per heavy atom. The summed E-state index contributed by atoms with van der Waals surface area (Å²) in [6.45, 7) is 1.63. The van der Waals surface area contributed by atoms with E-state index in [1.165, 1.54) is 7.05 Å². The lowest BCUT2D eigenvalue weighted by Crippen LogP contribution is -2.33. The number of hydrogen-bond donors (Lipinski definition) is 2. The molecule has 27 heavy (non-hydrogen) atoms. The molecule has 1 heterocycles. The molecule has 0 bridgehead atoms. The number of anilines is 1. The summed E-state index contributed by atoms with van der Waals surface area (Å²) >= 11 is 3.40. The van der Waals surface area contributed by atoms with Gasteiger partial charge in [-0.1, -0.05) is 24.3 Å². The maximum atomic E-state index is 12.7. The Morgan fingerprint density at radius 3 is 2.52 bits per heavy atom. The normalized spacial score (nSPS) is 10.6. The highest BCUT2D eigenvalue weighted by atomic mass is 79.9. The summed E-state index contributed by atoms with van der Waals surface area (Å²) in [6, 6.07) is 12.2. The van der Waals surface area contributed by atoms with Crippen molar-refractivity contribution in [1.29, 1.82) is 0 Å². The van der Waals surface area contributed by atoms with Crippen LogP contribution in [0.25, 0.3) is 10.8 Å². The molecule has 138 valence electrons. The number of nitrogens with zero attached hydrogens (tertiary/aromatic N) is 2. The van der Waals surface area contributed by atoms with Crippen molar-refractivity contribution in [2.24, 2.45) is 0 Å². The number of aryl methyl sites for hydroxylation is 1. The number of carbonyl (C=O) groups excluding carboxylic acids is 2. The Morgan fingerprint density at radius 2 is 1.85 bits per heavy atom. The second-order valence-electron chi connectivity index (χ2n) is 5.97. The molecule has 1 aromatic heterocycles. The predicted octanol–water partition coefficient (Wildman–Crippen LogP) is 2.47. The Kier molecular flexibility index (Phi) is 5.36. The minimum atomic E-state index is -0.434. The van der Waals surface area contributed by atoms with Crippen LogP contribution in [0.4, 0.5) is 5.69 Å². The number of benzene rings is 2. The molecule has 0 aliphatic heterocycles. The third-order valence-electron chi connectivity index (χ3n) is 4.00. The lowest BCUT2D eigenvalue weighted by atomic mass is 10.1. The molecule has 0 spiro atoms. The van der Waals surface area contributed by atoms with Crippen LogP contribution < -0.4 is 16.2 Å². The number of hydrogen-bond acceptors (Lipinski definition) is 4. The van der Waals surface area contributed by atoms with Gasteiger partial charge < -0.3 is 10.6 Å². The van der Waals surface area contributed by atoms with E-state index < -0.39 is 17.4 Å². The maximum Gasteiger partial charge on any atom is 0.275 e. The molecule has 0 atom stereocenters. The zero-order valence-corrected chi connectivity index (χ0v) is 16.3. The van der Waals surface area contributed by atoms with Gasteiger partial charge in [0.25, 0.3) is 11.5 Å². The lowest BCUT2D eigenvalue weighted by Gasteiger charge is -2.11. The Hall–Kier alpha value is -3.00. The van der Waals surface area contributed by atoms with E-state index in [2.05, 4.69) is 31.7 Å². The van der Waals surface area contributed by atoms with E-state index in [-0.39, 0.29) is 12.2 Å². The molecule has 0 aliphatic rings. The van der Waals surface area contributed by atoms with Crippen molar-refractivity contribution in [3.63, 3.8) is 0 Å². The van der Waals surface area contributed by atoms with E-state index >= 15 is 0 Å². The van der Waals surface area contributed by atoms with Crippen LogP contribution in [0.1, 0.15) is 16.1 Å². The van der Waals surface area contributed by atoms with Crippen LogP contribution in [0.3, 0.4) is 0 Å². The molecule has 2 aromatic carbocycles. The summed E-state index contributed by atoms with van der Waals surface area (Å²) < 4.78 is 1.74. The average molecular weight is 429 g/mol. The highest BCUT2D eigenvalue weighted by Crippen LogP contribution is 2.23. The molecule has 3 aromatic rings. The van der Waals surface area contributed by atoms with Crippen LogP contribution in [0.15, 0.2) is 51.7 Å². The zero-order chi connectivity index (χ0) is 19.6. The first-order valence-electron chi connectivity index (χ1n) is 8.18. The fraction of sp³-hybridized carbons (Fsp3) is 0.158. The topological polar surface area (TPSA) is 93.1 Å². The van der Waals surface area contributed by atoms with Gasteiger partial charge in [0.2, 0.25) is 5.91 Å². The SMILES string of the molecule is CNC(=O)c1nn(CC(=O)Nc2ccc(C)cc2Br)c(=O)c2ccccc12. The van der Waals surface area contributed by atoms with Crippen molar-refractivity contribution >= 4 is 44.2 Å². The molecule has 0 aliphatic carbocycles. The van der Waals surface area contributed by atoms with E-state index in [9.17, 15) is 14.4 Å². The minimum Gasteiger partial charge on any atom is -0.354 e. The maximum absolute atomic E-state index is 12.7. The van der Waals surface area contributed by atoms with E-state index in [1.54, 1.807) is 30.3 Å². The molecule has 8 heteroatoms. The van der Waals surface area contributed by atoms with Gasteiger partial charge in [-0.25, -0.2) is 4.68 Å². The van der Waals surface area contributed by atoms with Gasteiger partial charge in [0.05, 0.1) is 11.1 Å². The molecule has 0 unspecified atom stereocenters. The van der Waals surface area contributed by atoms with E-state index in [0.717, 1.165) is 14.7 Å². The van der Waals surface area contributed by atoms with Crippen LogP contribution in [0.5, 0.6) is 0 Å². The number of halogens is 1. The molecule has 2 N–H and O–H groups in total. The van der Waals surface area contributed by atoms with Gasteiger partial charge in [-0.2, -0.15) is 5.10 Å². The number of nitrogens with one attached hydrogen (secondary N) is 2. The van der Waals surface area contributed by atoms with E-state index in [0.29, 0.717) is 16.5 Å². The van der Waals surface area contributed by atoms with Crippen molar-refractivity contribution in [3.8, 4) is 0 Å². The first-order valence-corrected chi connectivity index (χ1v) is 8.98. The van der Waals surface area contributed by atoms with Crippen LogP contribution in [0, 0.1) is 6.92 Å². The molecular formula is C19H17BrN4O3. The van der Waals surface area contributed by atoms with Crippen molar-refractivity contribution in [3.05, 3.63) is 68.5 Å². The second-order valence-corrected chi connectivity index (χ2v) is 6.82. The van der Waals surface area contributed by atoms with Crippen molar-refractivity contribution in [1.82, 2.24) is 15.1 Å². The van der Waals surface area contributed by atoms with Gasteiger partial charge in [0.15, 0.2) is 5.69 Å². The summed E-state index contributed by atoms with van der Waals surface area (Å²) in [5.41, 5.74) is 1.29. The van der Waals surface area contributed by atoms with E-state index in [4.69, 9.17) is 0 Å². The molecule has 0 radical (unpaired) electrons. The number of fused-ring (bicyclic) bond motifs is 1. The summed E-state index contributed by atoms with van der Waals surface area (Å²) in [5.74, 6) is -0.853. The third kappa shape index (κ3) is 3.90. The molecule has 0 saturated heterocycles. The first-order chi connectivity index (χ1) is 12.9. The van der Waals surface area contributed by atoms with Gasteiger partial charge in [0.1, 0.15) is 6.54 Å². The fourth-order valence-electron chi connectivity index (χ4n) is 2.68. The Balaban J connectivity index is 1.96. The van der Waals surface area contributed by atoms with Gasteiger partial charge >= 0.3 is 0 Å². The van der Waals surface area contributed by atoms with Gasteiger partial charge in [-0.15, -0.1) is 0 Å². The van der Waals surface area contributed by atoms with Crippen LogP contribution in [-0.4, -0.2) is 28.6 Å². The van der Waals surface area contributed by atoms with Crippen LogP contribution in [0.2, 0.25) is 0 Å². The first kappa shape index (κ1) is 18.8. The highest BCUT2D eigenvalue weighted by molar-refractivity contribution is 9.10.